The molecule has 1 saturated heterocycles. The largest absolute Gasteiger partial charge is 1.00 e. The summed E-state index contributed by atoms with van der Waals surface area (Å²) in [5.41, 5.74) is 15.2. The van der Waals surface area contributed by atoms with Gasteiger partial charge < -0.3 is 53.0 Å². The Kier molecular flexibility index (Phi) is 51.6. The number of aromatic nitrogens is 3. The van der Waals surface area contributed by atoms with Crippen LogP contribution in [0.5, 0.6) is 0 Å². The van der Waals surface area contributed by atoms with Gasteiger partial charge in [0.1, 0.15) is 0 Å². The smallest absolute Gasteiger partial charge is 0.479 e. The SMILES string of the molecule is C#CCCC(=O)N[C@@H](C(=O)O)c1ccccc1.C1CCOC1.CCP(CC)CC.CCP(CC)CC.O=C(CCc1[c-]nn[nH]1)N[C@@H](C(=O)O)c1ccccc1.[Au+].[Au+].[B].[N-]=[N+]=[N-]. The van der Waals surface area contributed by atoms with Crippen molar-refractivity contribution in [3.8, 4) is 12.3 Å². The van der Waals surface area contributed by atoms with Crippen molar-refractivity contribution in [2.75, 3.05) is 50.2 Å². The minimum atomic E-state index is -1.10. The Morgan fingerprint density at radius 2 is 1.15 bits per heavy atom. The molecule has 0 unspecified atom stereocenters. The Morgan fingerprint density at radius 1 is 0.774 bits per heavy atom. The number of carboxylic acids is 2. The molecule has 0 spiro atoms. The second-order valence-electron chi connectivity index (χ2n) is 12.3. The van der Waals surface area contributed by atoms with Gasteiger partial charge in [-0.15, -0.1) is 39.1 Å². The number of carboxylic acid groups (broad SMARTS) is 2. The average molecular weight is 1260 g/mol. The number of hydrogen-bond donors (Lipinski definition) is 5. The van der Waals surface area contributed by atoms with Crippen molar-refractivity contribution in [2.45, 2.75) is 92.2 Å². The topological polar surface area (TPSA) is 242 Å². The van der Waals surface area contributed by atoms with Gasteiger partial charge in [-0.05, 0) is 67.4 Å². The normalized spacial score (nSPS) is 11.3. The van der Waals surface area contributed by atoms with E-state index in [-0.39, 0.29) is 77.8 Å². The number of aryl methyl sites for hydroxylation is 1. The number of ether oxygens (including phenoxy) is 1. The van der Waals surface area contributed by atoms with Crippen LogP contribution in [0.1, 0.15) is 103 Å². The average Bonchev–Trinajstić information content (AvgIpc) is 4.02. The Labute approximate surface area is 404 Å². The van der Waals surface area contributed by atoms with Crippen LogP contribution in [-0.2, 0) is 75.1 Å². The molecular formula is C42H64Au2BN8O7P2. The number of benzene rings is 2. The number of H-pyrrole nitrogens is 1. The summed E-state index contributed by atoms with van der Waals surface area (Å²) in [4.78, 5) is 47.0. The van der Waals surface area contributed by atoms with E-state index in [1.807, 2.05) is 0 Å². The molecule has 62 heavy (non-hydrogen) atoms. The number of carbonyl (C=O) groups is 4. The van der Waals surface area contributed by atoms with Crippen LogP contribution >= 0.6 is 15.8 Å². The van der Waals surface area contributed by atoms with Crippen LogP contribution in [0.3, 0.4) is 0 Å². The van der Waals surface area contributed by atoms with Crippen LogP contribution in [0.15, 0.2) is 60.7 Å². The van der Waals surface area contributed by atoms with Gasteiger partial charge in [0.05, 0.1) is 0 Å². The molecule has 3 radical (unpaired) electrons. The van der Waals surface area contributed by atoms with Crippen LogP contribution in [0.2, 0.25) is 0 Å². The van der Waals surface area contributed by atoms with E-state index in [2.05, 4.69) is 79.7 Å². The minimum absolute atomic E-state index is 0. The Hall–Kier alpha value is -3.30. The Bertz CT molecular complexity index is 1570. The van der Waals surface area contributed by atoms with Crippen molar-refractivity contribution in [3.05, 3.63) is 99.7 Å². The number of hydrogen-bond acceptors (Lipinski definition) is 7. The Balaban J connectivity index is -0.000000231. The summed E-state index contributed by atoms with van der Waals surface area (Å²) in [6.07, 6.45) is 19.6. The van der Waals surface area contributed by atoms with Crippen molar-refractivity contribution < 1.29 is 78.9 Å². The molecule has 20 heteroatoms. The maximum absolute atomic E-state index is 11.8. The van der Waals surface area contributed by atoms with Crippen LogP contribution in [-0.4, -0.2) is 108 Å². The van der Waals surface area contributed by atoms with Gasteiger partial charge in [-0.25, -0.2) is 9.59 Å². The van der Waals surface area contributed by atoms with E-state index >= 15 is 0 Å². The van der Waals surface area contributed by atoms with Crippen LogP contribution in [0.25, 0.3) is 16.0 Å². The van der Waals surface area contributed by atoms with Crippen LogP contribution in [0, 0.1) is 18.5 Å². The first kappa shape index (κ1) is 67.8. The molecule has 0 aliphatic carbocycles. The van der Waals surface area contributed by atoms with Crippen molar-refractivity contribution in [1.82, 2.24) is 26.0 Å². The molecule has 3 aromatic rings. The van der Waals surface area contributed by atoms with E-state index < -0.39 is 24.0 Å². The third kappa shape index (κ3) is 36.2. The van der Waals surface area contributed by atoms with E-state index in [9.17, 15) is 24.3 Å². The van der Waals surface area contributed by atoms with E-state index in [1.165, 1.54) is 54.7 Å². The quantitative estimate of drug-likeness (QED) is 0.0166. The molecule has 2 heterocycles. The molecule has 0 saturated carbocycles. The first-order valence-corrected chi connectivity index (χ1v) is 23.6. The maximum atomic E-state index is 11.8. The van der Waals surface area contributed by atoms with E-state index in [0.717, 1.165) is 13.2 Å². The summed E-state index contributed by atoms with van der Waals surface area (Å²) in [6, 6.07) is 15.0. The number of nitrogens with one attached hydrogen (secondary N) is 3. The molecule has 2 atom stereocenters. The summed E-state index contributed by atoms with van der Waals surface area (Å²) < 4.78 is 4.94. The molecule has 349 valence electrons. The number of aromatic amines is 1. The molecule has 1 aliphatic rings. The van der Waals surface area contributed by atoms with Gasteiger partial charge in [0, 0.05) is 40.9 Å². The van der Waals surface area contributed by atoms with Crippen LogP contribution < -0.4 is 10.6 Å². The molecular weight excluding hydrogens is 1200 g/mol. The summed E-state index contributed by atoms with van der Waals surface area (Å²) in [7, 11) is 0.892. The zero-order valence-electron chi connectivity index (χ0n) is 36.7. The molecule has 0 bridgehead atoms. The first-order valence-electron chi connectivity index (χ1n) is 19.8. The number of aliphatic carboxylic acids is 2. The Morgan fingerprint density at radius 3 is 1.40 bits per heavy atom. The summed E-state index contributed by atoms with van der Waals surface area (Å²) in [5, 5.41) is 32.7. The maximum Gasteiger partial charge on any atom is 1.00 e. The third-order valence-electron chi connectivity index (χ3n) is 8.40. The predicted molar refractivity (Wildman–Crippen MR) is 244 cm³/mol. The molecule has 1 fully saturated rings. The van der Waals surface area contributed by atoms with Gasteiger partial charge in [-0.3, -0.25) is 14.5 Å². The number of terminal acetylenes is 1. The minimum Gasteiger partial charge on any atom is -0.479 e. The van der Waals surface area contributed by atoms with Gasteiger partial charge in [-0.2, -0.15) is 0 Å². The summed E-state index contributed by atoms with van der Waals surface area (Å²) in [5.74, 6) is -0.577. The summed E-state index contributed by atoms with van der Waals surface area (Å²) >= 11 is 0. The molecule has 2 amide bonds. The fourth-order valence-corrected chi connectivity index (χ4v) is 7.60. The van der Waals surface area contributed by atoms with Gasteiger partial charge in [0.2, 0.25) is 11.8 Å². The zero-order valence-corrected chi connectivity index (χ0v) is 42.8. The number of rotatable bonds is 17. The van der Waals surface area contributed by atoms with E-state index in [1.54, 1.807) is 60.7 Å². The van der Waals surface area contributed by atoms with Crippen molar-refractivity contribution >= 4 is 48.0 Å². The molecule has 2 aromatic carbocycles. The zero-order chi connectivity index (χ0) is 44.7. The second kappa shape index (κ2) is 47.2. The van der Waals surface area contributed by atoms with Crippen LogP contribution in [0.4, 0.5) is 0 Å². The fourth-order valence-electron chi connectivity index (χ4n) is 4.92. The number of amides is 2. The predicted octanol–water partition coefficient (Wildman–Crippen LogP) is 8.15. The molecule has 4 rings (SSSR count). The number of carbonyl (C=O) groups excluding carboxylic acids is 2. The van der Waals surface area contributed by atoms with Gasteiger partial charge in [-0.1, -0.05) is 102 Å². The monoisotopic (exact) mass is 1260 g/mol. The van der Waals surface area contributed by atoms with Gasteiger partial charge in [0.25, 0.3) is 0 Å². The second-order valence-corrected chi connectivity index (χ2v) is 18.7. The molecule has 5 N–H and O–H groups in total. The third-order valence-corrected chi connectivity index (χ3v) is 13.8. The van der Waals surface area contributed by atoms with E-state index in [4.69, 9.17) is 27.3 Å². The molecule has 1 aromatic heterocycles. The van der Waals surface area contributed by atoms with Crippen molar-refractivity contribution in [1.29, 1.82) is 0 Å². The van der Waals surface area contributed by atoms with Gasteiger partial charge in [0.15, 0.2) is 12.1 Å². The first-order chi connectivity index (χ1) is 28.4. The standard InChI is InChI=1S/C13H13N4O3.C13H13NO3.2C6H15P.C4H8O.2Au.B.N3/c18-11(7-6-10-8-14-17-16-10)15-12(13(19)20)9-4-2-1-3-5-9;1-2-3-9-11(15)14-12(13(16)17)10-7-5-4-6-8-10;2*1-4-7(5-2)6-3;1-2-4-5-3-1;;;;1-3-2/h1-5,12H,6-7H2,(H,15,18)(H,19,20)(H,14,16,17);1,4-8,12H,3,9H2,(H,14,15)(H,16,17);2*4-6H2,1-3H3;1-4H2;;;;/q-1;;;;;2*+1;;-1/t2*12-;;;;;;;/m11......./s1. The van der Waals surface area contributed by atoms with Crippen molar-refractivity contribution in [2.24, 2.45) is 0 Å². The summed E-state index contributed by atoms with van der Waals surface area (Å²) in [6.45, 7) is 15.7. The molecule has 15 nitrogen and oxygen atoms in total. The van der Waals surface area contributed by atoms with Crippen molar-refractivity contribution in [3.63, 3.8) is 0 Å². The molecule has 1 aliphatic heterocycles. The fraction of sp³-hybridized carbons (Fsp3) is 0.524. The van der Waals surface area contributed by atoms with E-state index in [0.29, 0.717) is 45.5 Å². The number of nitrogens with zero attached hydrogens (tertiary/aromatic N) is 5. The van der Waals surface area contributed by atoms with Gasteiger partial charge >= 0.3 is 56.7 Å².